The molecule has 0 spiro atoms. The van der Waals surface area contributed by atoms with E-state index in [2.05, 4.69) is 149 Å². The van der Waals surface area contributed by atoms with Crippen molar-refractivity contribution in [3.05, 3.63) is 146 Å². The van der Waals surface area contributed by atoms with E-state index in [9.17, 15) is 0 Å². The van der Waals surface area contributed by atoms with Gasteiger partial charge in [0.2, 0.25) is 0 Å². The lowest BCUT2D eigenvalue weighted by molar-refractivity contribution is 1.08. The third-order valence-electron chi connectivity index (χ3n) is 11.0. The zero-order valence-electron chi connectivity index (χ0n) is 27.9. The van der Waals surface area contributed by atoms with Gasteiger partial charge >= 0.3 is 0 Å². The van der Waals surface area contributed by atoms with Crippen molar-refractivity contribution in [3.8, 4) is 11.5 Å². The predicted molar refractivity (Wildman–Crippen MR) is 229 cm³/mol. The molecule has 13 aromatic rings. The summed E-state index contributed by atoms with van der Waals surface area (Å²) < 4.78 is 12.4. The highest BCUT2D eigenvalue weighted by molar-refractivity contribution is 7.27. The second kappa shape index (κ2) is 10.3. The predicted octanol–water partition coefficient (Wildman–Crippen LogP) is 13.8. The van der Waals surface area contributed by atoms with Gasteiger partial charge in [-0.3, -0.25) is 4.57 Å². The number of hydrogen-bond donors (Lipinski definition) is 0. The molecule has 0 saturated heterocycles. The second-order valence-electron chi connectivity index (χ2n) is 13.7. The van der Waals surface area contributed by atoms with Gasteiger partial charge in [0.15, 0.2) is 5.82 Å². The Balaban J connectivity index is 1.07. The Labute approximate surface area is 313 Å². The fourth-order valence-electron chi connectivity index (χ4n) is 8.83. The summed E-state index contributed by atoms with van der Waals surface area (Å²) in [7, 11) is 0. The van der Waals surface area contributed by atoms with Crippen LogP contribution in [0.2, 0.25) is 0 Å². The average Bonchev–Trinajstić information content (AvgIpc) is 4.01. The van der Waals surface area contributed by atoms with Crippen LogP contribution in [-0.4, -0.2) is 19.1 Å². The van der Waals surface area contributed by atoms with Gasteiger partial charge in [-0.25, -0.2) is 9.97 Å². The zero-order valence-corrected chi connectivity index (χ0v) is 30.3. The monoisotopic (exact) mass is 728 g/mol. The minimum absolute atomic E-state index is 0.924. The van der Waals surface area contributed by atoms with Crippen LogP contribution in [0.15, 0.2) is 146 Å². The molecule has 7 aromatic carbocycles. The lowest BCUT2D eigenvalue weighted by Crippen LogP contribution is -1.98. The van der Waals surface area contributed by atoms with Gasteiger partial charge in [-0.05, 0) is 54.6 Å². The highest BCUT2D eigenvalue weighted by Gasteiger charge is 2.22. The summed E-state index contributed by atoms with van der Waals surface area (Å²) >= 11 is 5.55. The average molecular weight is 729 g/mol. The van der Waals surface area contributed by atoms with Gasteiger partial charge in [-0.15, -0.1) is 34.0 Å². The third kappa shape index (κ3) is 3.68. The van der Waals surface area contributed by atoms with Crippen molar-refractivity contribution in [3.63, 3.8) is 0 Å². The summed E-state index contributed by atoms with van der Waals surface area (Å²) in [6.07, 6.45) is 1.74. The van der Waals surface area contributed by atoms with Crippen LogP contribution in [0.25, 0.3) is 116 Å². The molecule has 0 atom stereocenters. The fourth-order valence-corrected chi connectivity index (χ4v) is 12.5. The number of rotatable bonds is 2. The van der Waals surface area contributed by atoms with Crippen LogP contribution in [0.1, 0.15) is 0 Å². The first-order chi connectivity index (χ1) is 26.3. The number of aromatic nitrogens is 4. The number of nitrogens with zero attached hydrogens (tertiary/aromatic N) is 4. The summed E-state index contributed by atoms with van der Waals surface area (Å²) in [5.41, 5.74) is 6.87. The first-order valence-electron chi connectivity index (χ1n) is 17.6. The number of hydrogen-bond acceptors (Lipinski definition) is 5. The van der Waals surface area contributed by atoms with E-state index in [0.29, 0.717) is 0 Å². The molecule has 0 radical (unpaired) electrons. The Morgan fingerprint density at radius 2 is 0.906 bits per heavy atom. The van der Waals surface area contributed by atoms with Crippen molar-refractivity contribution in [1.82, 2.24) is 19.1 Å². The molecule has 0 aliphatic carbocycles. The molecule has 4 nitrogen and oxygen atoms in total. The van der Waals surface area contributed by atoms with E-state index >= 15 is 0 Å². The largest absolute Gasteiger partial charge is 0.309 e. The zero-order chi connectivity index (χ0) is 34.4. The van der Waals surface area contributed by atoms with Gasteiger partial charge in [0, 0.05) is 77.7 Å². The highest BCUT2D eigenvalue weighted by atomic mass is 32.1. The van der Waals surface area contributed by atoms with Crippen LogP contribution in [0.5, 0.6) is 0 Å². The molecule has 53 heavy (non-hydrogen) atoms. The lowest BCUT2D eigenvalue weighted by Gasteiger charge is -2.09. The van der Waals surface area contributed by atoms with Crippen LogP contribution in [0.3, 0.4) is 0 Å². The van der Waals surface area contributed by atoms with Gasteiger partial charge in [-0.1, -0.05) is 84.9 Å². The van der Waals surface area contributed by atoms with E-state index in [1.54, 1.807) is 17.7 Å². The first kappa shape index (κ1) is 28.5. The number of para-hydroxylation sites is 2. The Kier molecular flexibility index (Phi) is 5.51. The minimum Gasteiger partial charge on any atom is -0.309 e. The Hall–Kier alpha value is -6.12. The Bertz CT molecular complexity index is 3700. The lowest BCUT2D eigenvalue weighted by atomic mass is 10.1. The van der Waals surface area contributed by atoms with Gasteiger partial charge in [-0.2, -0.15) is 0 Å². The Morgan fingerprint density at radius 3 is 1.57 bits per heavy atom. The molecule has 6 aromatic heterocycles. The van der Waals surface area contributed by atoms with Crippen LogP contribution in [0, 0.1) is 0 Å². The van der Waals surface area contributed by atoms with E-state index in [1.807, 2.05) is 22.7 Å². The number of benzene rings is 7. The summed E-state index contributed by atoms with van der Waals surface area (Å²) in [5, 5.41) is 11.5. The summed E-state index contributed by atoms with van der Waals surface area (Å²) in [4.78, 5) is 10.0. The molecule has 0 saturated carbocycles. The maximum absolute atomic E-state index is 5.03. The van der Waals surface area contributed by atoms with Gasteiger partial charge in [0.05, 0.1) is 32.3 Å². The third-order valence-corrected chi connectivity index (χ3v) is 14.6. The number of thiophene rings is 3. The molecular formula is C46H24N4S3. The van der Waals surface area contributed by atoms with Crippen molar-refractivity contribution >= 4 is 138 Å². The Morgan fingerprint density at radius 1 is 0.377 bits per heavy atom. The molecule has 6 heterocycles. The molecule has 0 aliphatic rings. The maximum Gasteiger partial charge on any atom is 0.159 e. The molecule has 0 amide bonds. The van der Waals surface area contributed by atoms with Crippen molar-refractivity contribution in [1.29, 1.82) is 0 Å². The molecule has 13 rings (SSSR count). The molecule has 0 N–H and O–H groups in total. The smallest absolute Gasteiger partial charge is 0.159 e. The van der Waals surface area contributed by atoms with E-state index < -0.39 is 0 Å². The first-order valence-corrected chi connectivity index (χ1v) is 20.1. The summed E-state index contributed by atoms with van der Waals surface area (Å²) in [5.74, 6) is 0.924. The van der Waals surface area contributed by atoms with Crippen LogP contribution < -0.4 is 0 Å². The van der Waals surface area contributed by atoms with Crippen molar-refractivity contribution < 1.29 is 0 Å². The second-order valence-corrected chi connectivity index (χ2v) is 16.9. The SMILES string of the molecule is c1ccc2c(c1)sc1c2ccc2c1c1ccccc1n2-c1ccc2sc3c(-n4c5ccccc5c5c6sc7ccccc7c6ccc54)ncnc3c2c1. The van der Waals surface area contributed by atoms with E-state index in [1.165, 1.54) is 83.1 Å². The van der Waals surface area contributed by atoms with Crippen molar-refractivity contribution in [2.75, 3.05) is 0 Å². The van der Waals surface area contributed by atoms with E-state index in [-0.39, 0.29) is 0 Å². The molecule has 0 unspecified atom stereocenters. The van der Waals surface area contributed by atoms with Gasteiger partial charge in [0.25, 0.3) is 0 Å². The van der Waals surface area contributed by atoms with E-state index in [0.717, 1.165) is 32.6 Å². The van der Waals surface area contributed by atoms with Crippen LogP contribution >= 0.6 is 34.0 Å². The van der Waals surface area contributed by atoms with Crippen LogP contribution in [0.4, 0.5) is 0 Å². The molecular weight excluding hydrogens is 705 g/mol. The van der Waals surface area contributed by atoms with Gasteiger partial charge < -0.3 is 4.57 Å². The summed E-state index contributed by atoms with van der Waals surface area (Å²) in [6.45, 7) is 0. The normalized spacial score (nSPS) is 12.5. The molecule has 0 bridgehead atoms. The minimum atomic E-state index is 0.924. The topological polar surface area (TPSA) is 35.6 Å². The van der Waals surface area contributed by atoms with Crippen molar-refractivity contribution in [2.45, 2.75) is 0 Å². The standard InChI is InChI=1S/C46H24N4S3/c1-5-13-33-30(11-1)40-35(20-18-28-26-9-3-7-15-37(26)51-43(28)40)49(33)25-17-22-39-32(23-25)42-45(53-39)46(48-24-47-42)50-34-14-6-2-12-31(34)41-36(50)21-19-29-27-10-4-8-16-38(27)52-44(29)41/h1-24H. The molecule has 246 valence electrons. The van der Waals surface area contributed by atoms with Gasteiger partial charge in [0.1, 0.15) is 6.33 Å². The van der Waals surface area contributed by atoms with Crippen LogP contribution in [-0.2, 0) is 0 Å². The number of fused-ring (bicyclic) bond motifs is 17. The highest BCUT2D eigenvalue weighted by Crippen LogP contribution is 2.46. The fraction of sp³-hybridized carbons (Fsp3) is 0. The summed E-state index contributed by atoms with van der Waals surface area (Å²) in [6, 6.07) is 51.2. The van der Waals surface area contributed by atoms with Crippen molar-refractivity contribution in [2.24, 2.45) is 0 Å². The van der Waals surface area contributed by atoms with E-state index in [4.69, 9.17) is 9.97 Å². The molecule has 0 fully saturated rings. The molecule has 0 aliphatic heterocycles. The maximum atomic E-state index is 5.03. The quantitative estimate of drug-likeness (QED) is 0.178. The molecule has 7 heteroatoms.